The van der Waals surface area contributed by atoms with Crippen LogP contribution in [0.3, 0.4) is 0 Å². The Morgan fingerprint density at radius 1 is 0.903 bits per heavy atom. The monoisotopic (exact) mass is 401 g/mol. The van der Waals surface area contributed by atoms with Gasteiger partial charge in [-0.05, 0) is 18.6 Å². The van der Waals surface area contributed by atoms with Crippen molar-refractivity contribution in [2.24, 2.45) is 0 Å². The van der Waals surface area contributed by atoms with Gasteiger partial charge in [0, 0.05) is 33.8 Å². The molecule has 3 aromatic carbocycles. The van der Waals surface area contributed by atoms with Gasteiger partial charge >= 0.3 is 0 Å². The quantitative estimate of drug-likeness (QED) is 0.350. The molecule has 0 amide bonds. The summed E-state index contributed by atoms with van der Waals surface area (Å²) >= 11 is 0. The summed E-state index contributed by atoms with van der Waals surface area (Å²) in [6, 6.07) is 27.3. The summed E-state index contributed by atoms with van der Waals surface area (Å²) < 4.78 is 0. The minimum absolute atomic E-state index is 0.140. The van der Waals surface area contributed by atoms with Crippen LogP contribution in [0.25, 0.3) is 33.3 Å². The first-order valence-corrected chi connectivity index (χ1v) is 10.1. The fourth-order valence-electron chi connectivity index (χ4n) is 4.01. The Hall–Kier alpha value is -4.36. The SMILES string of the molecule is Cc1ccc(-c2c(C(=O)c3ccccc3)[nH]c(-c3c[nH]c4ccccc34)c2C#N)cc1. The number of para-hydroxylation sites is 1. The maximum Gasteiger partial charge on any atom is 0.209 e. The molecule has 2 heterocycles. The third-order valence-electron chi connectivity index (χ3n) is 5.57. The molecule has 0 aliphatic carbocycles. The van der Waals surface area contributed by atoms with Crippen molar-refractivity contribution in [3.63, 3.8) is 0 Å². The summed E-state index contributed by atoms with van der Waals surface area (Å²) in [6.45, 7) is 2.01. The number of carbonyl (C=O) groups is 1. The maximum atomic E-state index is 13.5. The van der Waals surface area contributed by atoms with Crippen LogP contribution < -0.4 is 0 Å². The largest absolute Gasteiger partial charge is 0.360 e. The van der Waals surface area contributed by atoms with Crippen molar-refractivity contribution >= 4 is 16.7 Å². The Kier molecular flexibility index (Phi) is 4.50. The van der Waals surface area contributed by atoms with Crippen LogP contribution in [0.15, 0.2) is 85.1 Å². The van der Waals surface area contributed by atoms with Gasteiger partial charge in [-0.2, -0.15) is 5.26 Å². The molecule has 0 radical (unpaired) electrons. The zero-order valence-corrected chi connectivity index (χ0v) is 16.9. The first-order valence-electron chi connectivity index (χ1n) is 10.1. The number of nitriles is 1. The number of nitrogens with zero attached hydrogens (tertiary/aromatic N) is 1. The second-order valence-electron chi connectivity index (χ2n) is 7.55. The number of hydrogen-bond donors (Lipinski definition) is 2. The van der Waals surface area contributed by atoms with Crippen LogP contribution >= 0.6 is 0 Å². The molecule has 0 saturated carbocycles. The van der Waals surface area contributed by atoms with Crippen molar-refractivity contribution in [1.29, 1.82) is 5.26 Å². The van der Waals surface area contributed by atoms with Crippen molar-refractivity contribution in [3.8, 4) is 28.5 Å². The molecule has 0 saturated heterocycles. The van der Waals surface area contributed by atoms with Crippen LogP contribution in [0.4, 0.5) is 0 Å². The molecule has 31 heavy (non-hydrogen) atoms. The van der Waals surface area contributed by atoms with Crippen LogP contribution in [0.5, 0.6) is 0 Å². The fourth-order valence-corrected chi connectivity index (χ4v) is 4.01. The van der Waals surface area contributed by atoms with E-state index in [2.05, 4.69) is 16.0 Å². The van der Waals surface area contributed by atoms with Crippen molar-refractivity contribution in [1.82, 2.24) is 9.97 Å². The summed E-state index contributed by atoms with van der Waals surface area (Å²) in [4.78, 5) is 20.0. The first-order chi connectivity index (χ1) is 15.2. The fraction of sp³-hybridized carbons (Fsp3) is 0.0370. The number of aromatic nitrogens is 2. The molecule has 5 rings (SSSR count). The predicted molar refractivity (Wildman–Crippen MR) is 123 cm³/mol. The van der Waals surface area contributed by atoms with E-state index in [4.69, 9.17) is 0 Å². The molecule has 0 bridgehead atoms. The average molecular weight is 401 g/mol. The Balaban J connectivity index is 1.80. The van der Waals surface area contributed by atoms with Gasteiger partial charge in [0.25, 0.3) is 0 Å². The van der Waals surface area contributed by atoms with E-state index in [-0.39, 0.29) is 5.78 Å². The van der Waals surface area contributed by atoms with Crippen molar-refractivity contribution in [2.75, 3.05) is 0 Å². The number of carbonyl (C=O) groups excluding carboxylic acids is 1. The average Bonchev–Trinajstić information content (AvgIpc) is 3.41. The lowest BCUT2D eigenvalue weighted by Gasteiger charge is -2.05. The van der Waals surface area contributed by atoms with Gasteiger partial charge in [0.15, 0.2) is 0 Å². The summed E-state index contributed by atoms with van der Waals surface area (Å²) in [5.41, 5.74) is 6.55. The topological polar surface area (TPSA) is 72.4 Å². The van der Waals surface area contributed by atoms with E-state index in [0.29, 0.717) is 28.1 Å². The molecule has 0 spiro atoms. The standard InChI is InChI=1S/C27H19N3O/c1-17-11-13-18(14-12-17)24-21(15-28)25(22-16-29-23-10-6-5-9-20(22)23)30-26(24)27(31)19-7-3-2-4-8-19/h2-14,16,29-30H,1H3. The smallest absolute Gasteiger partial charge is 0.209 e. The Labute approximate surface area is 179 Å². The normalized spacial score (nSPS) is 10.8. The molecule has 5 aromatic rings. The van der Waals surface area contributed by atoms with Gasteiger partial charge in [-0.25, -0.2) is 0 Å². The lowest BCUT2D eigenvalue weighted by atomic mass is 9.95. The Bertz CT molecular complexity index is 1450. The van der Waals surface area contributed by atoms with Gasteiger partial charge in [0.2, 0.25) is 5.78 Å². The summed E-state index contributed by atoms with van der Waals surface area (Å²) in [7, 11) is 0. The lowest BCUT2D eigenvalue weighted by Crippen LogP contribution is -2.03. The molecule has 0 aliphatic rings. The number of rotatable bonds is 4. The van der Waals surface area contributed by atoms with E-state index in [1.165, 1.54) is 0 Å². The van der Waals surface area contributed by atoms with E-state index in [1.54, 1.807) is 12.1 Å². The molecular formula is C27H19N3O. The minimum Gasteiger partial charge on any atom is -0.360 e. The van der Waals surface area contributed by atoms with Crippen LogP contribution in [-0.2, 0) is 0 Å². The van der Waals surface area contributed by atoms with Crippen molar-refractivity contribution < 1.29 is 4.79 Å². The number of aromatic amines is 2. The molecule has 0 aliphatic heterocycles. The summed E-state index contributed by atoms with van der Waals surface area (Å²) in [6.07, 6.45) is 1.88. The van der Waals surface area contributed by atoms with E-state index in [0.717, 1.165) is 27.6 Å². The predicted octanol–water partition coefficient (Wildman–Crippen LogP) is 6.24. The van der Waals surface area contributed by atoms with Crippen LogP contribution in [0.1, 0.15) is 27.2 Å². The molecule has 2 N–H and O–H groups in total. The van der Waals surface area contributed by atoms with E-state index < -0.39 is 0 Å². The van der Waals surface area contributed by atoms with Crippen LogP contribution in [0.2, 0.25) is 0 Å². The van der Waals surface area contributed by atoms with Gasteiger partial charge in [-0.1, -0.05) is 78.4 Å². The van der Waals surface area contributed by atoms with Gasteiger partial charge in [-0.3, -0.25) is 4.79 Å². The highest BCUT2D eigenvalue weighted by molar-refractivity contribution is 6.14. The third kappa shape index (κ3) is 3.13. The van der Waals surface area contributed by atoms with E-state index >= 15 is 0 Å². The molecule has 4 heteroatoms. The molecule has 0 atom stereocenters. The highest BCUT2D eigenvalue weighted by Gasteiger charge is 2.26. The number of hydrogen-bond acceptors (Lipinski definition) is 2. The zero-order valence-electron chi connectivity index (χ0n) is 16.9. The molecule has 4 nitrogen and oxygen atoms in total. The van der Waals surface area contributed by atoms with Gasteiger partial charge in [0.05, 0.1) is 17.0 Å². The maximum absolute atomic E-state index is 13.5. The van der Waals surface area contributed by atoms with Crippen LogP contribution in [0, 0.1) is 18.3 Å². The highest BCUT2D eigenvalue weighted by Crippen LogP contribution is 2.38. The van der Waals surface area contributed by atoms with Gasteiger partial charge < -0.3 is 9.97 Å². The zero-order chi connectivity index (χ0) is 21.4. The number of fused-ring (bicyclic) bond motifs is 1. The number of benzene rings is 3. The molecular weight excluding hydrogens is 382 g/mol. The number of aryl methyl sites for hydroxylation is 1. The van der Waals surface area contributed by atoms with Gasteiger partial charge in [-0.15, -0.1) is 0 Å². The second kappa shape index (κ2) is 7.47. The summed E-state index contributed by atoms with van der Waals surface area (Å²) in [5, 5.41) is 11.2. The summed E-state index contributed by atoms with van der Waals surface area (Å²) in [5.74, 6) is -0.140. The van der Waals surface area contributed by atoms with E-state index in [9.17, 15) is 10.1 Å². The molecule has 0 fully saturated rings. The molecule has 148 valence electrons. The van der Waals surface area contributed by atoms with Gasteiger partial charge in [0.1, 0.15) is 6.07 Å². The van der Waals surface area contributed by atoms with E-state index in [1.807, 2.05) is 79.9 Å². The highest BCUT2D eigenvalue weighted by atomic mass is 16.1. The van der Waals surface area contributed by atoms with Crippen molar-refractivity contribution in [2.45, 2.75) is 6.92 Å². The van der Waals surface area contributed by atoms with Crippen LogP contribution in [-0.4, -0.2) is 15.8 Å². The Morgan fingerprint density at radius 2 is 1.61 bits per heavy atom. The van der Waals surface area contributed by atoms with Crippen molar-refractivity contribution in [3.05, 3.63) is 107 Å². The second-order valence-corrected chi connectivity index (χ2v) is 7.55. The number of ketones is 1. The number of nitrogens with one attached hydrogen (secondary N) is 2. The third-order valence-corrected chi connectivity index (χ3v) is 5.57. The number of H-pyrrole nitrogens is 2. The first kappa shape index (κ1) is 18.7. The molecule has 2 aromatic heterocycles. The molecule has 0 unspecified atom stereocenters. The Morgan fingerprint density at radius 3 is 2.35 bits per heavy atom. The minimum atomic E-state index is -0.140. The lowest BCUT2D eigenvalue weighted by molar-refractivity contribution is 0.103.